The minimum Gasteiger partial charge on any atom is -0.481 e. The Balaban J connectivity index is 2.48. The Bertz CT molecular complexity index is 480. The van der Waals surface area contributed by atoms with E-state index in [0.29, 0.717) is 12.5 Å². The fraction of sp³-hybridized carbons (Fsp3) is 0.611. The van der Waals surface area contributed by atoms with Gasteiger partial charge in [-0.2, -0.15) is 11.8 Å². The van der Waals surface area contributed by atoms with E-state index >= 15 is 0 Å². The standard InChI is InChI=1S/C18H29NO2S/c1-13(2)15-9-7-8-10-16(15)21-14(3)17(20)19-11-12-22-18(4,5)6/h7-10,13-14H,11-12H2,1-6H3,(H,19,20)/t14-/m1/s1. The lowest BCUT2D eigenvalue weighted by molar-refractivity contribution is -0.127. The third-order valence-electron chi connectivity index (χ3n) is 3.15. The van der Waals surface area contributed by atoms with Crippen molar-refractivity contribution in [1.29, 1.82) is 0 Å². The molecule has 0 aliphatic carbocycles. The van der Waals surface area contributed by atoms with Gasteiger partial charge in [-0.1, -0.05) is 52.8 Å². The Labute approximate surface area is 139 Å². The van der Waals surface area contributed by atoms with E-state index < -0.39 is 6.10 Å². The van der Waals surface area contributed by atoms with E-state index in [-0.39, 0.29) is 10.7 Å². The van der Waals surface area contributed by atoms with Gasteiger partial charge < -0.3 is 10.1 Å². The number of amides is 1. The van der Waals surface area contributed by atoms with Crippen LogP contribution < -0.4 is 10.1 Å². The van der Waals surface area contributed by atoms with Gasteiger partial charge in [0, 0.05) is 17.0 Å². The SMILES string of the molecule is CC(C)c1ccccc1O[C@H](C)C(=O)NCCSC(C)(C)C. The minimum absolute atomic E-state index is 0.0620. The molecular weight excluding hydrogens is 294 g/mol. The van der Waals surface area contributed by atoms with Crippen LogP contribution in [-0.2, 0) is 4.79 Å². The first-order valence-corrected chi connectivity index (χ1v) is 8.86. The molecule has 0 saturated heterocycles. The van der Waals surface area contributed by atoms with Crippen LogP contribution in [0, 0.1) is 0 Å². The van der Waals surface area contributed by atoms with Gasteiger partial charge in [-0.3, -0.25) is 4.79 Å². The van der Waals surface area contributed by atoms with Gasteiger partial charge in [0.2, 0.25) is 0 Å². The van der Waals surface area contributed by atoms with Crippen molar-refractivity contribution >= 4 is 17.7 Å². The highest BCUT2D eigenvalue weighted by Gasteiger charge is 2.17. The number of para-hydroxylation sites is 1. The molecule has 1 aromatic rings. The summed E-state index contributed by atoms with van der Waals surface area (Å²) >= 11 is 1.84. The Kier molecular flexibility index (Phi) is 7.27. The smallest absolute Gasteiger partial charge is 0.260 e. The van der Waals surface area contributed by atoms with Crippen LogP contribution >= 0.6 is 11.8 Å². The van der Waals surface area contributed by atoms with E-state index in [1.54, 1.807) is 6.92 Å². The highest BCUT2D eigenvalue weighted by Crippen LogP contribution is 2.26. The van der Waals surface area contributed by atoms with Gasteiger partial charge in [0.05, 0.1) is 0 Å². The van der Waals surface area contributed by atoms with E-state index in [0.717, 1.165) is 17.1 Å². The molecule has 0 aliphatic rings. The average molecular weight is 324 g/mol. The molecule has 1 aromatic carbocycles. The molecule has 0 fully saturated rings. The van der Waals surface area contributed by atoms with Crippen molar-refractivity contribution in [1.82, 2.24) is 5.32 Å². The van der Waals surface area contributed by atoms with Crippen LogP contribution in [0.3, 0.4) is 0 Å². The summed E-state index contributed by atoms with van der Waals surface area (Å²) in [6.07, 6.45) is -0.487. The zero-order chi connectivity index (χ0) is 16.8. The largest absolute Gasteiger partial charge is 0.481 e. The highest BCUT2D eigenvalue weighted by molar-refractivity contribution is 8.00. The van der Waals surface area contributed by atoms with Crippen molar-refractivity contribution in [2.75, 3.05) is 12.3 Å². The van der Waals surface area contributed by atoms with E-state index in [1.807, 2.05) is 36.0 Å². The molecule has 0 radical (unpaired) electrons. The molecule has 0 heterocycles. The second kappa shape index (κ2) is 8.47. The summed E-state index contributed by atoms with van der Waals surface area (Å²) in [6.45, 7) is 13.2. The number of carbonyl (C=O) groups excluding carboxylic acids is 1. The molecule has 1 N–H and O–H groups in total. The van der Waals surface area contributed by atoms with Crippen LogP contribution in [0.4, 0.5) is 0 Å². The van der Waals surface area contributed by atoms with E-state index in [9.17, 15) is 4.79 Å². The highest BCUT2D eigenvalue weighted by atomic mass is 32.2. The summed E-state index contributed by atoms with van der Waals surface area (Å²) < 4.78 is 6.07. The van der Waals surface area contributed by atoms with Crippen LogP contribution in [-0.4, -0.2) is 29.1 Å². The number of rotatable bonds is 7. The summed E-state index contributed by atoms with van der Waals surface area (Å²) in [7, 11) is 0. The average Bonchev–Trinajstić information content (AvgIpc) is 2.42. The summed E-state index contributed by atoms with van der Waals surface area (Å²) in [5, 5.41) is 2.94. The Morgan fingerprint density at radius 2 is 1.86 bits per heavy atom. The van der Waals surface area contributed by atoms with E-state index in [2.05, 4.69) is 39.9 Å². The molecule has 0 saturated carbocycles. The summed E-state index contributed by atoms with van der Waals surface area (Å²) in [5.41, 5.74) is 1.13. The first-order chi connectivity index (χ1) is 10.2. The first kappa shape index (κ1) is 18.9. The maximum Gasteiger partial charge on any atom is 0.260 e. The monoisotopic (exact) mass is 323 g/mol. The molecule has 3 nitrogen and oxygen atoms in total. The second-order valence-electron chi connectivity index (χ2n) is 6.70. The van der Waals surface area contributed by atoms with Crippen molar-refractivity contribution in [3.8, 4) is 5.75 Å². The van der Waals surface area contributed by atoms with Crippen molar-refractivity contribution in [2.24, 2.45) is 0 Å². The number of hydrogen-bond acceptors (Lipinski definition) is 3. The first-order valence-electron chi connectivity index (χ1n) is 7.88. The molecule has 22 heavy (non-hydrogen) atoms. The minimum atomic E-state index is -0.487. The van der Waals surface area contributed by atoms with Crippen molar-refractivity contribution in [2.45, 2.75) is 58.3 Å². The van der Waals surface area contributed by atoms with Crippen LogP contribution in [0.1, 0.15) is 53.0 Å². The van der Waals surface area contributed by atoms with Crippen molar-refractivity contribution in [3.63, 3.8) is 0 Å². The molecule has 0 aromatic heterocycles. The third kappa shape index (κ3) is 6.73. The van der Waals surface area contributed by atoms with Gasteiger partial charge in [0.1, 0.15) is 5.75 Å². The van der Waals surface area contributed by atoms with Crippen LogP contribution in [0.25, 0.3) is 0 Å². The lowest BCUT2D eigenvalue weighted by Crippen LogP contribution is -2.37. The molecule has 0 spiro atoms. The predicted molar refractivity (Wildman–Crippen MR) is 95.8 cm³/mol. The molecule has 1 atom stereocenters. The van der Waals surface area contributed by atoms with E-state index in [1.165, 1.54) is 0 Å². The quantitative estimate of drug-likeness (QED) is 0.763. The summed E-state index contributed by atoms with van der Waals surface area (Å²) in [6, 6.07) is 7.90. The number of carbonyl (C=O) groups is 1. The fourth-order valence-corrected chi connectivity index (χ4v) is 2.80. The van der Waals surface area contributed by atoms with Gasteiger partial charge in [-0.05, 0) is 24.5 Å². The lowest BCUT2D eigenvalue weighted by Gasteiger charge is -2.20. The molecule has 0 bridgehead atoms. The maximum atomic E-state index is 12.1. The maximum absolute atomic E-state index is 12.1. The van der Waals surface area contributed by atoms with Crippen molar-refractivity contribution in [3.05, 3.63) is 29.8 Å². The molecule has 1 amide bonds. The summed E-state index contributed by atoms with van der Waals surface area (Å²) in [5.74, 6) is 2.01. The van der Waals surface area contributed by atoms with Crippen LogP contribution in [0.15, 0.2) is 24.3 Å². The number of ether oxygens (including phenoxy) is 1. The summed E-state index contributed by atoms with van der Waals surface area (Å²) in [4.78, 5) is 12.1. The zero-order valence-corrected chi connectivity index (χ0v) is 15.4. The third-order valence-corrected chi connectivity index (χ3v) is 4.42. The Hall–Kier alpha value is -1.16. The molecule has 124 valence electrons. The Morgan fingerprint density at radius 1 is 1.23 bits per heavy atom. The normalized spacial score (nSPS) is 13.0. The van der Waals surface area contributed by atoms with Gasteiger partial charge in [-0.25, -0.2) is 0 Å². The van der Waals surface area contributed by atoms with Gasteiger partial charge in [0.15, 0.2) is 6.10 Å². The zero-order valence-electron chi connectivity index (χ0n) is 14.6. The number of hydrogen-bond donors (Lipinski definition) is 1. The molecular formula is C18H29NO2S. The molecule has 1 rings (SSSR count). The number of thioether (sulfide) groups is 1. The predicted octanol–water partition coefficient (Wildman–Crippen LogP) is 4.23. The number of nitrogens with one attached hydrogen (secondary N) is 1. The van der Waals surface area contributed by atoms with E-state index in [4.69, 9.17) is 4.74 Å². The molecule has 4 heteroatoms. The second-order valence-corrected chi connectivity index (χ2v) is 8.63. The van der Waals surface area contributed by atoms with Gasteiger partial charge in [0.25, 0.3) is 5.91 Å². The number of benzene rings is 1. The lowest BCUT2D eigenvalue weighted by atomic mass is 10.0. The van der Waals surface area contributed by atoms with Crippen LogP contribution in [0.2, 0.25) is 0 Å². The van der Waals surface area contributed by atoms with Crippen molar-refractivity contribution < 1.29 is 9.53 Å². The molecule has 0 unspecified atom stereocenters. The Morgan fingerprint density at radius 3 is 2.45 bits per heavy atom. The van der Waals surface area contributed by atoms with Crippen LogP contribution in [0.5, 0.6) is 5.75 Å². The topological polar surface area (TPSA) is 38.3 Å². The molecule has 0 aliphatic heterocycles. The van der Waals surface area contributed by atoms with Gasteiger partial charge in [-0.15, -0.1) is 0 Å². The van der Waals surface area contributed by atoms with Gasteiger partial charge >= 0.3 is 0 Å². The fourth-order valence-electron chi connectivity index (χ4n) is 1.98.